The first kappa shape index (κ1) is 19.2. The first-order valence-electron chi connectivity index (χ1n) is 7.93. The highest BCUT2D eigenvalue weighted by Gasteiger charge is 2.48. The Kier molecular flexibility index (Phi) is 5.59. The maximum atomic E-state index is 12.0. The number of carbonyl (C=O) groups excluding carboxylic acids is 2. The van der Waals surface area contributed by atoms with Gasteiger partial charge in [0.2, 0.25) is 5.91 Å². The van der Waals surface area contributed by atoms with E-state index in [9.17, 15) is 23.1 Å². The fourth-order valence-electron chi connectivity index (χ4n) is 3.00. The van der Waals surface area contributed by atoms with Gasteiger partial charge in [-0.15, -0.1) is 0 Å². The number of rotatable bonds is 5. The van der Waals surface area contributed by atoms with Gasteiger partial charge in [-0.05, 0) is 18.1 Å². The van der Waals surface area contributed by atoms with Crippen LogP contribution < -0.4 is 5.11 Å². The highest BCUT2D eigenvalue weighted by Crippen LogP contribution is 2.39. The molecule has 0 aromatic heterocycles. The third kappa shape index (κ3) is 4.39. The molecule has 2 heterocycles. The van der Waals surface area contributed by atoms with E-state index >= 15 is 0 Å². The van der Waals surface area contributed by atoms with Gasteiger partial charge in [-0.3, -0.25) is 4.79 Å². The largest absolute Gasteiger partial charge is 0.550 e. The van der Waals surface area contributed by atoms with E-state index in [4.69, 9.17) is 11.6 Å². The molecule has 3 rings (SSSR count). The first-order chi connectivity index (χ1) is 12.2. The van der Waals surface area contributed by atoms with Gasteiger partial charge >= 0.3 is 0 Å². The normalized spacial score (nSPS) is 25.4. The van der Waals surface area contributed by atoms with Crippen LogP contribution in [0.5, 0.6) is 0 Å². The Hall–Kier alpha value is -1.58. The highest BCUT2D eigenvalue weighted by atomic mass is 35.5. The number of nitrogens with zero attached hydrogens (tertiary/aromatic N) is 2. The second-order valence-electron chi connectivity index (χ2n) is 6.18. The number of carbonyl (C=O) groups is 2. The second kappa shape index (κ2) is 7.58. The molecule has 0 bridgehead atoms. The molecule has 26 heavy (non-hydrogen) atoms. The van der Waals surface area contributed by atoms with Gasteiger partial charge in [-0.1, -0.05) is 41.6 Å². The third-order valence-electron chi connectivity index (χ3n) is 4.24. The third-order valence-corrected chi connectivity index (χ3v) is 7.85. The lowest BCUT2D eigenvalue weighted by atomic mass is 10.1. The van der Waals surface area contributed by atoms with Gasteiger partial charge in [0.15, 0.2) is 15.0 Å². The molecule has 0 aliphatic carbocycles. The molecule has 0 spiro atoms. The van der Waals surface area contributed by atoms with Crippen molar-refractivity contribution >= 4 is 50.2 Å². The summed E-state index contributed by atoms with van der Waals surface area (Å²) in [6.45, 7) is 0.329. The number of aliphatic imine (C=N–C) groups is 1. The summed E-state index contributed by atoms with van der Waals surface area (Å²) in [6, 6.07) is 6.92. The van der Waals surface area contributed by atoms with Crippen molar-refractivity contribution in [3.8, 4) is 0 Å². The van der Waals surface area contributed by atoms with Crippen LogP contribution >= 0.6 is 23.4 Å². The molecule has 1 amide bonds. The molecule has 0 unspecified atom stereocenters. The molecule has 2 aliphatic heterocycles. The van der Waals surface area contributed by atoms with Gasteiger partial charge in [0, 0.05) is 29.2 Å². The number of amides is 1. The minimum atomic E-state index is -3.14. The molecular weight excluding hydrogens is 400 g/mol. The summed E-state index contributed by atoms with van der Waals surface area (Å²) in [4.78, 5) is 28.3. The number of hydrogen-bond acceptors (Lipinski definition) is 6. The summed E-state index contributed by atoms with van der Waals surface area (Å²) in [5.41, 5.74) is 0.801. The first-order valence-corrected chi connectivity index (χ1v) is 11.0. The van der Waals surface area contributed by atoms with Crippen molar-refractivity contribution in [2.45, 2.75) is 30.7 Å². The Labute approximate surface area is 160 Å². The molecule has 0 N–H and O–H groups in total. The Bertz CT molecular complexity index is 871. The summed E-state index contributed by atoms with van der Waals surface area (Å²) in [5, 5.41) is 11.3. The number of sulfone groups is 1. The topological polar surface area (TPSA) is 107 Å². The zero-order chi connectivity index (χ0) is 18.9. The van der Waals surface area contributed by atoms with Crippen molar-refractivity contribution in [1.82, 2.24) is 4.90 Å². The Morgan fingerprint density at radius 2 is 2.00 bits per heavy atom. The smallest absolute Gasteiger partial charge is 0.248 e. The molecule has 2 fully saturated rings. The average molecular weight is 416 g/mol. The van der Waals surface area contributed by atoms with E-state index in [1.54, 1.807) is 17.0 Å². The highest BCUT2D eigenvalue weighted by molar-refractivity contribution is 8.15. The lowest BCUT2D eigenvalue weighted by Crippen LogP contribution is -2.37. The van der Waals surface area contributed by atoms with Crippen molar-refractivity contribution in [1.29, 1.82) is 0 Å². The average Bonchev–Trinajstić information content (AvgIpc) is 3.00. The number of carboxylic acids is 1. The number of hydrogen-bond donors (Lipinski definition) is 0. The molecule has 10 heteroatoms. The van der Waals surface area contributed by atoms with E-state index < -0.39 is 28.1 Å². The van der Waals surface area contributed by atoms with Crippen molar-refractivity contribution in [3.05, 3.63) is 34.9 Å². The number of benzene rings is 1. The lowest BCUT2D eigenvalue weighted by molar-refractivity contribution is -0.305. The molecule has 1 aromatic carbocycles. The number of halogens is 1. The standard InChI is InChI=1S/C16H17ClN2O5S2/c17-11-4-2-1-3-10(11)7-19-12-8-26(23,24)9-13(12)25-16(19)18-14(20)5-6-15(21)22/h1-4,12-13H,5-9H2,(H,21,22)/p-1/t12-,13-/m1/s1. The number of amidine groups is 1. The van der Waals surface area contributed by atoms with Crippen LogP contribution in [-0.2, 0) is 26.0 Å². The van der Waals surface area contributed by atoms with Crippen molar-refractivity contribution in [3.63, 3.8) is 0 Å². The van der Waals surface area contributed by atoms with Gasteiger partial charge in [0.05, 0.1) is 17.5 Å². The summed E-state index contributed by atoms with van der Waals surface area (Å²) in [7, 11) is -3.14. The van der Waals surface area contributed by atoms with Gasteiger partial charge in [-0.2, -0.15) is 4.99 Å². The zero-order valence-electron chi connectivity index (χ0n) is 13.6. The molecule has 2 atom stereocenters. The van der Waals surface area contributed by atoms with E-state index in [1.165, 1.54) is 11.8 Å². The Morgan fingerprint density at radius 3 is 2.69 bits per heavy atom. The Morgan fingerprint density at radius 1 is 1.27 bits per heavy atom. The van der Waals surface area contributed by atoms with Crippen LogP contribution in [0.3, 0.4) is 0 Å². The van der Waals surface area contributed by atoms with Crippen LogP contribution in [0.4, 0.5) is 0 Å². The molecular formula is C16H16ClN2O5S2-. The molecule has 2 saturated heterocycles. The van der Waals surface area contributed by atoms with Gasteiger partial charge < -0.3 is 14.8 Å². The van der Waals surface area contributed by atoms with Crippen molar-refractivity contribution in [2.75, 3.05) is 11.5 Å². The van der Waals surface area contributed by atoms with Crippen LogP contribution in [0, 0.1) is 0 Å². The monoisotopic (exact) mass is 415 g/mol. The summed E-state index contributed by atoms with van der Waals surface area (Å²) in [5.74, 6) is -1.84. The van der Waals surface area contributed by atoms with Crippen LogP contribution in [0.25, 0.3) is 0 Å². The summed E-state index contributed by atoms with van der Waals surface area (Å²) >= 11 is 7.46. The molecule has 140 valence electrons. The lowest BCUT2D eigenvalue weighted by Gasteiger charge is -2.25. The predicted octanol–water partition coefficient (Wildman–Crippen LogP) is 0.467. The fraction of sp³-hybridized carbons (Fsp3) is 0.438. The van der Waals surface area contributed by atoms with Gasteiger partial charge in [0.25, 0.3) is 0 Å². The minimum absolute atomic E-state index is 0.00136. The maximum absolute atomic E-state index is 12.0. The van der Waals surface area contributed by atoms with Crippen molar-refractivity contribution < 1.29 is 23.1 Å². The summed E-state index contributed by atoms with van der Waals surface area (Å²) in [6.07, 6.45) is -0.647. The minimum Gasteiger partial charge on any atom is -0.550 e. The quantitative estimate of drug-likeness (QED) is 0.687. The van der Waals surface area contributed by atoms with E-state index in [0.717, 1.165) is 5.56 Å². The zero-order valence-corrected chi connectivity index (χ0v) is 16.0. The predicted molar refractivity (Wildman–Crippen MR) is 97.5 cm³/mol. The summed E-state index contributed by atoms with van der Waals surface area (Å²) < 4.78 is 23.9. The number of thioether (sulfide) groups is 1. The number of fused-ring (bicyclic) bond motifs is 1. The molecule has 0 radical (unpaired) electrons. The van der Waals surface area contributed by atoms with Crippen LogP contribution in [0.2, 0.25) is 5.02 Å². The van der Waals surface area contributed by atoms with E-state index in [0.29, 0.717) is 16.7 Å². The number of carboxylic acid groups (broad SMARTS) is 1. The maximum Gasteiger partial charge on any atom is 0.248 e. The van der Waals surface area contributed by atoms with Crippen LogP contribution in [-0.4, -0.2) is 53.2 Å². The van der Waals surface area contributed by atoms with E-state index in [-0.39, 0.29) is 29.2 Å². The van der Waals surface area contributed by atoms with E-state index in [1.807, 2.05) is 12.1 Å². The van der Waals surface area contributed by atoms with E-state index in [2.05, 4.69) is 4.99 Å². The van der Waals surface area contributed by atoms with Crippen LogP contribution in [0.15, 0.2) is 29.3 Å². The second-order valence-corrected chi connectivity index (χ2v) is 9.95. The molecule has 0 saturated carbocycles. The fourth-order valence-corrected chi connectivity index (χ4v) is 7.17. The van der Waals surface area contributed by atoms with Crippen molar-refractivity contribution in [2.24, 2.45) is 4.99 Å². The molecule has 1 aromatic rings. The SMILES string of the molecule is O=C([O-])CCC(=O)N=C1S[C@@H]2CS(=O)(=O)C[C@H]2N1Cc1ccccc1Cl. The molecule has 7 nitrogen and oxygen atoms in total. The van der Waals surface area contributed by atoms with Gasteiger partial charge in [-0.25, -0.2) is 8.42 Å². The molecule has 2 aliphatic rings. The van der Waals surface area contributed by atoms with Crippen LogP contribution in [0.1, 0.15) is 18.4 Å². The number of aliphatic carboxylic acids is 1. The van der Waals surface area contributed by atoms with Gasteiger partial charge in [0.1, 0.15) is 0 Å². The Balaban J connectivity index is 1.85.